The van der Waals surface area contributed by atoms with Crippen LogP contribution in [0.1, 0.15) is 49.9 Å². The molecule has 3 heteroatoms. The Hall–Kier alpha value is -1.12. The molecule has 0 aliphatic heterocycles. The lowest BCUT2D eigenvalue weighted by atomic mass is 10.1. The van der Waals surface area contributed by atoms with E-state index in [1.165, 1.54) is 25.7 Å². The highest BCUT2D eigenvalue weighted by Gasteiger charge is 2.18. The van der Waals surface area contributed by atoms with Crippen molar-refractivity contribution in [1.29, 1.82) is 0 Å². The smallest absolute Gasteiger partial charge is 0.269 e. The Bertz CT molecular complexity index is 364. The lowest BCUT2D eigenvalue weighted by Gasteiger charge is -2.08. The predicted octanol–water partition coefficient (Wildman–Crippen LogP) is 1.99. The van der Waals surface area contributed by atoms with Gasteiger partial charge in [0.2, 0.25) is 0 Å². The van der Waals surface area contributed by atoms with E-state index in [9.17, 15) is 4.79 Å². The molecule has 1 aromatic rings. The third-order valence-electron chi connectivity index (χ3n) is 3.01. The predicted molar refractivity (Wildman–Crippen MR) is 55.4 cm³/mol. The van der Waals surface area contributed by atoms with Crippen molar-refractivity contribution in [3.05, 3.63) is 27.9 Å². The van der Waals surface area contributed by atoms with Crippen molar-refractivity contribution in [3.8, 4) is 0 Å². The van der Waals surface area contributed by atoms with Gasteiger partial charge in [-0.05, 0) is 19.3 Å². The molecular weight excluding hydrogens is 176 g/mol. The number of hydrogen-bond donors (Lipinski definition) is 1. The molecule has 2 rings (SSSR count). The second-order valence-corrected chi connectivity index (χ2v) is 3.95. The van der Waals surface area contributed by atoms with E-state index in [1.54, 1.807) is 0 Å². The van der Waals surface area contributed by atoms with Crippen LogP contribution < -0.4 is 5.56 Å². The molecule has 1 saturated carbocycles. The molecule has 1 N–H and O–H groups in total. The minimum Gasteiger partial charge on any atom is -0.323 e. The van der Waals surface area contributed by atoms with Crippen LogP contribution in [0.2, 0.25) is 0 Å². The number of aryl methyl sites for hydroxylation is 1. The van der Waals surface area contributed by atoms with Gasteiger partial charge in [-0.15, -0.1) is 0 Å². The van der Waals surface area contributed by atoms with Gasteiger partial charge >= 0.3 is 0 Å². The molecule has 76 valence electrons. The monoisotopic (exact) mass is 192 g/mol. The molecule has 1 heterocycles. The van der Waals surface area contributed by atoms with E-state index in [0.29, 0.717) is 18.0 Å². The SMILES string of the molecule is CCc1ncc(C2CCCC2)[nH]c1=O. The number of nitrogens with zero attached hydrogens (tertiary/aromatic N) is 1. The fraction of sp³-hybridized carbons (Fsp3) is 0.636. The summed E-state index contributed by atoms with van der Waals surface area (Å²) in [5, 5.41) is 0. The number of aromatic nitrogens is 2. The number of nitrogens with one attached hydrogen (secondary N) is 1. The molecular formula is C11H16N2O. The standard InChI is InChI=1S/C11H16N2O/c1-2-9-11(14)13-10(7-12-9)8-5-3-4-6-8/h7-8H,2-6H2,1H3,(H,13,14). The topological polar surface area (TPSA) is 45.8 Å². The molecule has 0 aromatic carbocycles. The van der Waals surface area contributed by atoms with Gasteiger partial charge in [0.1, 0.15) is 5.69 Å². The fourth-order valence-corrected chi connectivity index (χ4v) is 2.14. The summed E-state index contributed by atoms with van der Waals surface area (Å²) in [6.07, 6.45) is 7.51. The third kappa shape index (κ3) is 1.72. The molecule has 1 aliphatic rings. The average Bonchev–Trinajstić information content (AvgIpc) is 2.70. The van der Waals surface area contributed by atoms with Crippen LogP contribution >= 0.6 is 0 Å². The number of H-pyrrole nitrogens is 1. The molecule has 14 heavy (non-hydrogen) atoms. The van der Waals surface area contributed by atoms with E-state index >= 15 is 0 Å². The molecule has 0 bridgehead atoms. The highest BCUT2D eigenvalue weighted by molar-refractivity contribution is 5.08. The van der Waals surface area contributed by atoms with E-state index in [2.05, 4.69) is 9.97 Å². The summed E-state index contributed by atoms with van der Waals surface area (Å²) in [5.74, 6) is 0.543. The quantitative estimate of drug-likeness (QED) is 0.778. The maximum absolute atomic E-state index is 11.5. The van der Waals surface area contributed by atoms with Gasteiger partial charge < -0.3 is 4.98 Å². The molecule has 3 nitrogen and oxygen atoms in total. The molecule has 0 spiro atoms. The van der Waals surface area contributed by atoms with Gasteiger partial charge in [0.15, 0.2) is 0 Å². The Morgan fingerprint density at radius 2 is 2.21 bits per heavy atom. The molecule has 0 amide bonds. The summed E-state index contributed by atoms with van der Waals surface area (Å²) in [7, 11) is 0. The third-order valence-corrected chi connectivity index (χ3v) is 3.01. The first-order valence-corrected chi connectivity index (χ1v) is 5.39. The van der Waals surface area contributed by atoms with Crippen molar-refractivity contribution >= 4 is 0 Å². The Balaban J connectivity index is 2.27. The van der Waals surface area contributed by atoms with Crippen molar-refractivity contribution < 1.29 is 0 Å². The van der Waals surface area contributed by atoms with Gasteiger partial charge in [0.05, 0.1) is 0 Å². The van der Waals surface area contributed by atoms with Gasteiger partial charge in [0, 0.05) is 17.8 Å². The zero-order valence-corrected chi connectivity index (χ0v) is 8.55. The summed E-state index contributed by atoms with van der Waals surface area (Å²) in [4.78, 5) is 18.7. The van der Waals surface area contributed by atoms with Crippen molar-refractivity contribution in [2.45, 2.75) is 44.9 Å². The van der Waals surface area contributed by atoms with Crippen LogP contribution in [-0.4, -0.2) is 9.97 Å². The Morgan fingerprint density at radius 3 is 2.79 bits per heavy atom. The zero-order valence-electron chi connectivity index (χ0n) is 8.55. The van der Waals surface area contributed by atoms with Crippen molar-refractivity contribution in [3.63, 3.8) is 0 Å². The molecule has 0 atom stereocenters. The molecule has 0 saturated heterocycles. The Labute approximate surface area is 83.6 Å². The van der Waals surface area contributed by atoms with E-state index in [0.717, 1.165) is 5.69 Å². The van der Waals surface area contributed by atoms with Crippen molar-refractivity contribution in [2.24, 2.45) is 0 Å². The highest BCUT2D eigenvalue weighted by Crippen LogP contribution is 2.31. The van der Waals surface area contributed by atoms with Crippen LogP contribution in [0.5, 0.6) is 0 Å². The molecule has 1 aromatic heterocycles. The van der Waals surface area contributed by atoms with Gasteiger partial charge in [-0.1, -0.05) is 19.8 Å². The van der Waals surface area contributed by atoms with Crippen LogP contribution in [0.15, 0.2) is 11.0 Å². The van der Waals surface area contributed by atoms with Crippen molar-refractivity contribution in [2.75, 3.05) is 0 Å². The molecule has 0 radical (unpaired) electrons. The second kappa shape index (κ2) is 3.95. The van der Waals surface area contributed by atoms with Gasteiger partial charge in [-0.25, -0.2) is 0 Å². The lowest BCUT2D eigenvalue weighted by molar-refractivity contribution is 0.684. The van der Waals surface area contributed by atoms with E-state index in [-0.39, 0.29) is 5.56 Å². The maximum atomic E-state index is 11.5. The van der Waals surface area contributed by atoms with Crippen LogP contribution in [0.3, 0.4) is 0 Å². The summed E-state index contributed by atoms with van der Waals surface area (Å²) in [6, 6.07) is 0. The first kappa shape index (κ1) is 9.44. The van der Waals surface area contributed by atoms with Crippen LogP contribution in [0.4, 0.5) is 0 Å². The normalized spacial score (nSPS) is 17.5. The maximum Gasteiger partial charge on any atom is 0.269 e. The van der Waals surface area contributed by atoms with Crippen LogP contribution in [0.25, 0.3) is 0 Å². The largest absolute Gasteiger partial charge is 0.323 e. The van der Waals surface area contributed by atoms with Gasteiger partial charge in [-0.3, -0.25) is 9.78 Å². The Morgan fingerprint density at radius 1 is 1.50 bits per heavy atom. The van der Waals surface area contributed by atoms with E-state index in [4.69, 9.17) is 0 Å². The molecule has 1 fully saturated rings. The minimum atomic E-state index is -0.00287. The second-order valence-electron chi connectivity index (χ2n) is 3.95. The number of rotatable bonds is 2. The van der Waals surface area contributed by atoms with Crippen LogP contribution in [0, 0.1) is 0 Å². The van der Waals surface area contributed by atoms with Gasteiger partial charge in [0.25, 0.3) is 5.56 Å². The first-order valence-electron chi connectivity index (χ1n) is 5.39. The summed E-state index contributed by atoms with van der Waals surface area (Å²) >= 11 is 0. The summed E-state index contributed by atoms with van der Waals surface area (Å²) in [6.45, 7) is 1.95. The van der Waals surface area contributed by atoms with Crippen LogP contribution in [-0.2, 0) is 6.42 Å². The Kier molecular flexibility index (Phi) is 2.66. The lowest BCUT2D eigenvalue weighted by Crippen LogP contribution is -2.17. The zero-order chi connectivity index (χ0) is 9.97. The van der Waals surface area contributed by atoms with Crippen molar-refractivity contribution in [1.82, 2.24) is 9.97 Å². The number of hydrogen-bond acceptors (Lipinski definition) is 2. The van der Waals surface area contributed by atoms with Gasteiger partial charge in [-0.2, -0.15) is 0 Å². The van der Waals surface area contributed by atoms with E-state index in [1.807, 2.05) is 13.1 Å². The minimum absolute atomic E-state index is 0.00287. The summed E-state index contributed by atoms with van der Waals surface area (Å²) < 4.78 is 0. The summed E-state index contributed by atoms with van der Waals surface area (Å²) in [5.41, 5.74) is 1.67. The molecule has 1 aliphatic carbocycles. The first-order chi connectivity index (χ1) is 6.81. The number of aromatic amines is 1. The van der Waals surface area contributed by atoms with E-state index < -0.39 is 0 Å². The molecule has 0 unspecified atom stereocenters. The fourth-order valence-electron chi connectivity index (χ4n) is 2.14. The average molecular weight is 192 g/mol. The highest BCUT2D eigenvalue weighted by atomic mass is 16.1.